The van der Waals surface area contributed by atoms with Gasteiger partial charge in [-0.2, -0.15) is 21.6 Å². The van der Waals surface area contributed by atoms with Crippen molar-refractivity contribution >= 4 is 21.5 Å². The zero-order valence-electron chi connectivity index (χ0n) is 10.9. The van der Waals surface area contributed by atoms with E-state index in [1.807, 2.05) is 0 Å². The minimum atomic E-state index is -4.55. The Balaban J connectivity index is 2.07. The third kappa shape index (κ3) is 2.45. The lowest BCUT2D eigenvalue weighted by atomic mass is 10.1. The minimum Gasteiger partial charge on any atom is -0.339 e. The average molecular weight is 326 g/mol. The summed E-state index contributed by atoms with van der Waals surface area (Å²) >= 11 is 0. The van der Waals surface area contributed by atoms with Crippen LogP contribution in [0.5, 0.6) is 0 Å². The number of amidine groups is 1. The molecule has 114 valence electrons. The molecule has 2 aromatic carbocycles. The fourth-order valence-corrected chi connectivity index (χ4v) is 3.34. The number of fused-ring (bicyclic) bond motifs is 1. The fourth-order valence-electron chi connectivity index (χ4n) is 2.16. The summed E-state index contributed by atoms with van der Waals surface area (Å²) in [5.41, 5.74) is -0.889. The van der Waals surface area contributed by atoms with Crippen molar-refractivity contribution in [3.63, 3.8) is 0 Å². The average Bonchev–Trinajstić information content (AvgIpc) is 2.70. The van der Waals surface area contributed by atoms with Gasteiger partial charge in [-0.25, -0.2) is 0 Å². The molecule has 4 nitrogen and oxygen atoms in total. The lowest BCUT2D eigenvalue weighted by Crippen LogP contribution is -2.16. The van der Waals surface area contributed by atoms with Crippen LogP contribution in [0.2, 0.25) is 0 Å². The number of nitrogens with zero attached hydrogens (tertiary/aromatic N) is 1. The predicted octanol–water partition coefficient (Wildman–Crippen LogP) is 3.27. The van der Waals surface area contributed by atoms with Crippen LogP contribution in [0.15, 0.2) is 57.8 Å². The maximum Gasteiger partial charge on any atom is 0.418 e. The van der Waals surface area contributed by atoms with Crippen molar-refractivity contribution in [1.29, 1.82) is 0 Å². The van der Waals surface area contributed by atoms with Crippen molar-refractivity contribution in [2.24, 2.45) is 4.40 Å². The molecule has 0 atom stereocenters. The molecule has 0 aliphatic carbocycles. The fraction of sp³-hybridized carbons (Fsp3) is 0.0714. The smallest absolute Gasteiger partial charge is 0.339 e. The second-order valence-electron chi connectivity index (χ2n) is 4.58. The molecule has 0 aromatic heterocycles. The van der Waals surface area contributed by atoms with E-state index in [1.54, 1.807) is 6.07 Å². The van der Waals surface area contributed by atoms with Gasteiger partial charge in [0.25, 0.3) is 10.0 Å². The molecule has 0 fully saturated rings. The van der Waals surface area contributed by atoms with Crippen molar-refractivity contribution in [1.82, 2.24) is 0 Å². The monoisotopic (exact) mass is 326 g/mol. The second-order valence-corrected chi connectivity index (χ2v) is 6.15. The Kier molecular flexibility index (Phi) is 3.21. The number of halogens is 3. The first-order valence-corrected chi connectivity index (χ1v) is 7.61. The standard InChI is InChI=1S/C14H9F3N2O2S/c15-14(16,17)10-6-2-3-7-11(10)18-13-9-5-1-4-8-12(9)22(20,21)19-13/h1-8H,(H,18,19). The molecule has 0 spiro atoms. The molecule has 3 rings (SSSR count). The summed E-state index contributed by atoms with van der Waals surface area (Å²) in [4.78, 5) is -0.0259. The zero-order valence-corrected chi connectivity index (χ0v) is 11.7. The maximum absolute atomic E-state index is 13.0. The van der Waals surface area contributed by atoms with Gasteiger partial charge in [0.05, 0.1) is 11.3 Å². The molecule has 8 heteroatoms. The molecular weight excluding hydrogens is 317 g/mol. The Morgan fingerprint density at radius 3 is 2.32 bits per heavy atom. The normalized spacial score (nSPS) is 16.0. The van der Waals surface area contributed by atoms with Gasteiger partial charge < -0.3 is 5.32 Å². The van der Waals surface area contributed by atoms with Crippen LogP contribution >= 0.6 is 0 Å². The number of anilines is 1. The second kappa shape index (κ2) is 4.84. The van der Waals surface area contributed by atoms with Gasteiger partial charge in [0.1, 0.15) is 4.90 Å². The van der Waals surface area contributed by atoms with Gasteiger partial charge >= 0.3 is 6.18 Å². The van der Waals surface area contributed by atoms with Crippen molar-refractivity contribution in [3.8, 4) is 0 Å². The van der Waals surface area contributed by atoms with E-state index in [0.29, 0.717) is 0 Å². The Labute approximate surface area is 124 Å². The van der Waals surface area contributed by atoms with Crippen LogP contribution < -0.4 is 5.32 Å². The summed E-state index contributed by atoms with van der Waals surface area (Å²) in [5.74, 6) is -0.118. The van der Waals surface area contributed by atoms with Crippen molar-refractivity contribution in [2.75, 3.05) is 5.32 Å². The molecule has 2 aromatic rings. The molecule has 0 saturated heterocycles. The van der Waals surface area contributed by atoms with Crippen molar-refractivity contribution in [3.05, 3.63) is 59.7 Å². The highest BCUT2D eigenvalue weighted by Gasteiger charge is 2.35. The molecule has 0 unspecified atom stereocenters. The molecule has 1 heterocycles. The molecule has 0 saturated carbocycles. The van der Waals surface area contributed by atoms with Crippen LogP contribution in [0.25, 0.3) is 0 Å². The highest BCUT2D eigenvalue weighted by molar-refractivity contribution is 7.90. The van der Waals surface area contributed by atoms with E-state index in [9.17, 15) is 21.6 Å². The molecule has 22 heavy (non-hydrogen) atoms. The molecule has 1 aliphatic heterocycles. The number of benzene rings is 2. The summed E-state index contributed by atoms with van der Waals surface area (Å²) in [6, 6.07) is 10.8. The van der Waals surface area contributed by atoms with Gasteiger partial charge in [-0.05, 0) is 24.3 Å². The Morgan fingerprint density at radius 1 is 0.955 bits per heavy atom. The lowest BCUT2D eigenvalue weighted by molar-refractivity contribution is -0.136. The van der Waals surface area contributed by atoms with Crippen molar-refractivity contribution in [2.45, 2.75) is 11.1 Å². The quantitative estimate of drug-likeness (QED) is 0.875. The molecular formula is C14H9F3N2O2S. The lowest BCUT2D eigenvalue weighted by Gasteiger charge is -2.14. The highest BCUT2D eigenvalue weighted by Crippen LogP contribution is 2.35. The van der Waals surface area contributed by atoms with Crippen LogP contribution in [0.3, 0.4) is 0 Å². The summed E-state index contributed by atoms with van der Waals surface area (Å²) in [6.07, 6.45) is -4.55. The first-order valence-electron chi connectivity index (χ1n) is 6.17. The number of hydrogen-bond acceptors (Lipinski definition) is 3. The summed E-state index contributed by atoms with van der Waals surface area (Å²) < 4.78 is 66.2. The van der Waals surface area contributed by atoms with E-state index >= 15 is 0 Å². The van der Waals surface area contributed by atoms with Crippen LogP contribution in [-0.2, 0) is 16.2 Å². The topological polar surface area (TPSA) is 58.5 Å². The van der Waals surface area contributed by atoms with E-state index in [0.717, 1.165) is 6.07 Å². The van der Waals surface area contributed by atoms with Gasteiger partial charge in [0.2, 0.25) is 0 Å². The van der Waals surface area contributed by atoms with Crippen LogP contribution in [-0.4, -0.2) is 14.3 Å². The van der Waals surface area contributed by atoms with E-state index in [2.05, 4.69) is 9.71 Å². The van der Waals surface area contributed by atoms with Crippen LogP contribution in [0.4, 0.5) is 18.9 Å². The van der Waals surface area contributed by atoms with Crippen molar-refractivity contribution < 1.29 is 21.6 Å². The Hall–Kier alpha value is -2.35. The number of nitrogens with one attached hydrogen (secondary N) is 1. The van der Waals surface area contributed by atoms with Gasteiger partial charge in [-0.15, -0.1) is 4.40 Å². The summed E-state index contributed by atoms with van der Waals surface area (Å²) in [7, 11) is -3.88. The maximum atomic E-state index is 13.0. The summed E-state index contributed by atoms with van der Waals surface area (Å²) in [5, 5.41) is 2.48. The molecule has 1 aliphatic rings. The van der Waals surface area contributed by atoms with E-state index in [-0.39, 0.29) is 22.0 Å². The van der Waals surface area contributed by atoms with Gasteiger partial charge in [-0.1, -0.05) is 24.3 Å². The number of para-hydroxylation sites is 1. The Morgan fingerprint density at radius 2 is 1.59 bits per heavy atom. The van der Waals surface area contributed by atoms with E-state index in [4.69, 9.17) is 0 Å². The van der Waals surface area contributed by atoms with Crippen LogP contribution in [0, 0.1) is 0 Å². The summed E-state index contributed by atoms with van der Waals surface area (Å²) in [6.45, 7) is 0. The third-order valence-corrected chi connectivity index (χ3v) is 4.45. The number of sulfonamides is 1. The van der Waals surface area contributed by atoms with Gasteiger partial charge in [-0.3, -0.25) is 0 Å². The minimum absolute atomic E-state index is 0.0259. The molecule has 1 N–H and O–H groups in total. The number of alkyl halides is 3. The number of hydrogen-bond donors (Lipinski definition) is 1. The molecule has 0 radical (unpaired) electrons. The first kappa shape index (κ1) is 14.6. The molecule has 0 amide bonds. The number of rotatable bonds is 1. The molecule has 0 bridgehead atoms. The largest absolute Gasteiger partial charge is 0.418 e. The SMILES string of the molecule is O=S1(=O)N=C(Nc2ccccc2C(F)(F)F)c2ccccc21. The highest BCUT2D eigenvalue weighted by atomic mass is 32.2. The van der Waals surface area contributed by atoms with Gasteiger partial charge in [0.15, 0.2) is 5.84 Å². The first-order chi connectivity index (χ1) is 10.3. The van der Waals surface area contributed by atoms with E-state index < -0.39 is 21.8 Å². The predicted molar refractivity (Wildman–Crippen MR) is 75.2 cm³/mol. The Bertz CT molecular complexity index is 874. The van der Waals surface area contributed by atoms with Crippen LogP contribution in [0.1, 0.15) is 11.1 Å². The van der Waals surface area contributed by atoms with Gasteiger partial charge in [0, 0.05) is 5.56 Å². The zero-order chi connectivity index (χ0) is 16.0. The third-order valence-electron chi connectivity index (χ3n) is 3.12. The van der Waals surface area contributed by atoms with E-state index in [1.165, 1.54) is 36.4 Å².